The van der Waals surface area contributed by atoms with E-state index in [1.165, 1.54) is 0 Å². The van der Waals surface area contributed by atoms with Crippen molar-refractivity contribution in [3.63, 3.8) is 0 Å². The summed E-state index contributed by atoms with van der Waals surface area (Å²) in [5, 5.41) is 21.6. The van der Waals surface area contributed by atoms with E-state index < -0.39 is 17.8 Å². The molecular formula is C17H30O4. The van der Waals surface area contributed by atoms with Gasteiger partial charge in [0.05, 0.1) is 17.6 Å². The Morgan fingerprint density at radius 2 is 2.05 bits per heavy atom. The Bertz CT molecular complexity index is 385. The number of hydrogen-bond acceptors (Lipinski definition) is 4. The average Bonchev–Trinajstić information content (AvgIpc) is 2.73. The maximum atomic E-state index is 11.2. The maximum absolute atomic E-state index is 11.2. The summed E-state index contributed by atoms with van der Waals surface area (Å²) in [7, 11) is 1.60. The molecule has 2 rings (SSSR count). The number of ether oxygens (including phenoxy) is 2. The van der Waals surface area contributed by atoms with Gasteiger partial charge in [0.15, 0.2) is 6.29 Å². The molecule has 7 atom stereocenters. The van der Waals surface area contributed by atoms with Gasteiger partial charge in [-0.05, 0) is 38.0 Å². The number of hydrogen-bond donors (Lipinski definition) is 2. The first-order valence-corrected chi connectivity index (χ1v) is 8.02. The van der Waals surface area contributed by atoms with Crippen molar-refractivity contribution in [2.24, 2.45) is 22.7 Å². The molecule has 0 aromatic rings. The molecule has 0 aromatic carbocycles. The van der Waals surface area contributed by atoms with Crippen LogP contribution in [-0.2, 0) is 9.47 Å². The Labute approximate surface area is 128 Å². The third-order valence-electron chi connectivity index (χ3n) is 6.24. The van der Waals surface area contributed by atoms with Crippen LogP contribution in [0.3, 0.4) is 0 Å². The Kier molecular flexibility index (Phi) is 4.84. The van der Waals surface area contributed by atoms with E-state index in [-0.39, 0.29) is 17.4 Å². The molecular weight excluding hydrogens is 268 g/mol. The lowest BCUT2D eigenvalue weighted by atomic mass is 9.61. The summed E-state index contributed by atoms with van der Waals surface area (Å²) < 4.78 is 11.3. The van der Waals surface area contributed by atoms with Crippen LogP contribution in [0.2, 0.25) is 0 Å². The van der Waals surface area contributed by atoms with Crippen LogP contribution in [0.5, 0.6) is 0 Å². The van der Waals surface area contributed by atoms with Crippen molar-refractivity contribution in [1.29, 1.82) is 0 Å². The summed E-state index contributed by atoms with van der Waals surface area (Å²) in [6, 6.07) is 0. The second kappa shape index (κ2) is 5.99. The molecule has 0 aromatic heterocycles. The van der Waals surface area contributed by atoms with Gasteiger partial charge in [-0.1, -0.05) is 19.9 Å². The molecule has 2 fully saturated rings. The average molecular weight is 298 g/mol. The topological polar surface area (TPSA) is 58.9 Å². The maximum Gasteiger partial charge on any atom is 0.168 e. The number of rotatable bonds is 5. The molecule has 0 spiro atoms. The van der Waals surface area contributed by atoms with Gasteiger partial charge in [-0.2, -0.15) is 0 Å². The Hall–Kier alpha value is -0.420. The van der Waals surface area contributed by atoms with Crippen LogP contribution in [0.4, 0.5) is 0 Å². The Balaban J connectivity index is 2.43. The normalized spacial score (nSPS) is 47.9. The SMILES string of the molecule is C=C[C@]1([C@H](OC)OCC)C[C@@H]2[C@H](O)CC[C@@H](C)[C@]2(C)[C@H]1O. The zero-order valence-corrected chi connectivity index (χ0v) is 13.7. The molecule has 4 heteroatoms. The van der Waals surface area contributed by atoms with Crippen molar-refractivity contribution in [1.82, 2.24) is 0 Å². The second-order valence-corrected chi connectivity index (χ2v) is 6.96. The monoisotopic (exact) mass is 298 g/mol. The molecule has 4 nitrogen and oxygen atoms in total. The highest BCUT2D eigenvalue weighted by molar-refractivity contribution is 5.18. The first-order chi connectivity index (χ1) is 9.88. The number of methoxy groups -OCH3 is 1. The molecule has 0 unspecified atom stereocenters. The highest BCUT2D eigenvalue weighted by Gasteiger charge is 2.65. The summed E-state index contributed by atoms with van der Waals surface area (Å²) >= 11 is 0. The van der Waals surface area contributed by atoms with E-state index in [2.05, 4.69) is 20.4 Å². The third-order valence-corrected chi connectivity index (χ3v) is 6.24. The van der Waals surface area contributed by atoms with E-state index in [4.69, 9.17) is 9.47 Å². The third kappa shape index (κ3) is 2.27. The van der Waals surface area contributed by atoms with Crippen molar-refractivity contribution < 1.29 is 19.7 Å². The van der Waals surface area contributed by atoms with E-state index in [9.17, 15) is 10.2 Å². The minimum absolute atomic E-state index is 0.0485. The van der Waals surface area contributed by atoms with Crippen LogP contribution >= 0.6 is 0 Å². The summed E-state index contributed by atoms with van der Waals surface area (Å²) in [5.41, 5.74) is -0.997. The van der Waals surface area contributed by atoms with Crippen LogP contribution in [0.25, 0.3) is 0 Å². The predicted molar refractivity (Wildman–Crippen MR) is 81.7 cm³/mol. The summed E-state index contributed by atoms with van der Waals surface area (Å²) in [6.07, 6.45) is 2.63. The van der Waals surface area contributed by atoms with Gasteiger partial charge in [0.2, 0.25) is 0 Å². The van der Waals surface area contributed by atoms with Crippen LogP contribution in [0, 0.1) is 22.7 Å². The highest BCUT2D eigenvalue weighted by atomic mass is 16.7. The molecule has 0 saturated heterocycles. The van der Waals surface area contributed by atoms with Crippen LogP contribution in [-0.4, -0.2) is 42.4 Å². The van der Waals surface area contributed by atoms with Crippen molar-refractivity contribution in [3.05, 3.63) is 12.7 Å². The van der Waals surface area contributed by atoms with Gasteiger partial charge in [-0.3, -0.25) is 0 Å². The van der Waals surface area contributed by atoms with Gasteiger partial charge in [0.1, 0.15) is 0 Å². The molecule has 2 N–H and O–H groups in total. The van der Waals surface area contributed by atoms with Crippen LogP contribution < -0.4 is 0 Å². The van der Waals surface area contributed by atoms with Gasteiger partial charge in [0, 0.05) is 19.1 Å². The molecule has 0 aliphatic heterocycles. The van der Waals surface area contributed by atoms with E-state index in [0.717, 1.165) is 12.8 Å². The van der Waals surface area contributed by atoms with Crippen molar-refractivity contribution >= 4 is 0 Å². The molecule has 0 heterocycles. The van der Waals surface area contributed by atoms with Crippen LogP contribution in [0.15, 0.2) is 12.7 Å². The van der Waals surface area contributed by atoms with Crippen LogP contribution in [0.1, 0.15) is 40.0 Å². The van der Waals surface area contributed by atoms with E-state index in [0.29, 0.717) is 18.9 Å². The Morgan fingerprint density at radius 3 is 2.52 bits per heavy atom. The number of aliphatic hydroxyl groups excluding tert-OH is 2. The van der Waals surface area contributed by atoms with Crippen molar-refractivity contribution in [2.75, 3.05) is 13.7 Å². The Morgan fingerprint density at radius 1 is 1.38 bits per heavy atom. The van der Waals surface area contributed by atoms with Gasteiger partial charge in [0.25, 0.3) is 0 Å². The number of fused-ring (bicyclic) bond motifs is 1. The summed E-state index contributed by atoms with van der Waals surface area (Å²) in [5.74, 6) is 0.397. The summed E-state index contributed by atoms with van der Waals surface area (Å²) in [4.78, 5) is 0. The molecule has 0 amide bonds. The standard InChI is InChI=1S/C17H30O4/c1-6-17(15(20-5)21-7-2)10-12-13(18)9-8-11(3)16(12,4)14(17)19/h6,11-15,18-19H,1,7-10H2,2-5H3/t11-,12-,13-,14-,15-,16+,17+/m1/s1. The lowest BCUT2D eigenvalue weighted by Crippen LogP contribution is -2.51. The predicted octanol–water partition coefficient (Wildman–Crippen LogP) is 2.35. The fourth-order valence-electron chi connectivity index (χ4n) is 4.72. The van der Waals surface area contributed by atoms with E-state index in [1.54, 1.807) is 13.2 Å². The molecule has 2 aliphatic carbocycles. The van der Waals surface area contributed by atoms with Gasteiger partial charge in [-0.15, -0.1) is 6.58 Å². The summed E-state index contributed by atoms with van der Waals surface area (Å²) in [6.45, 7) is 10.6. The minimum atomic E-state index is -0.663. The first kappa shape index (κ1) is 16.9. The highest BCUT2D eigenvalue weighted by Crippen LogP contribution is 2.63. The van der Waals surface area contributed by atoms with Gasteiger partial charge < -0.3 is 19.7 Å². The fraction of sp³-hybridized carbons (Fsp3) is 0.882. The smallest absolute Gasteiger partial charge is 0.168 e. The lowest BCUT2D eigenvalue weighted by Gasteiger charge is -2.47. The number of aliphatic hydroxyl groups is 2. The fourth-order valence-corrected chi connectivity index (χ4v) is 4.72. The molecule has 0 bridgehead atoms. The van der Waals surface area contributed by atoms with Gasteiger partial charge >= 0.3 is 0 Å². The quantitative estimate of drug-likeness (QED) is 0.604. The lowest BCUT2D eigenvalue weighted by molar-refractivity contribution is -0.207. The van der Waals surface area contributed by atoms with Gasteiger partial charge in [-0.25, -0.2) is 0 Å². The van der Waals surface area contributed by atoms with Crippen molar-refractivity contribution in [3.8, 4) is 0 Å². The molecule has 122 valence electrons. The first-order valence-electron chi connectivity index (χ1n) is 8.02. The van der Waals surface area contributed by atoms with E-state index >= 15 is 0 Å². The largest absolute Gasteiger partial charge is 0.393 e. The van der Waals surface area contributed by atoms with E-state index in [1.807, 2.05) is 6.92 Å². The zero-order chi connectivity index (χ0) is 15.8. The molecule has 2 aliphatic rings. The van der Waals surface area contributed by atoms with Crippen molar-refractivity contribution in [2.45, 2.75) is 58.5 Å². The molecule has 21 heavy (non-hydrogen) atoms. The molecule has 0 radical (unpaired) electrons. The second-order valence-electron chi connectivity index (χ2n) is 6.96. The zero-order valence-electron chi connectivity index (χ0n) is 13.7. The molecule has 2 saturated carbocycles. The minimum Gasteiger partial charge on any atom is -0.393 e.